The number of morpholine rings is 1. The van der Waals surface area contributed by atoms with Crippen LogP contribution in [0, 0.1) is 10.1 Å². The van der Waals surface area contributed by atoms with E-state index in [9.17, 15) is 15.2 Å². The molecule has 1 aromatic heterocycles. The van der Waals surface area contributed by atoms with E-state index in [1.807, 2.05) is 18.7 Å². The van der Waals surface area contributed by atoms with Crippen molar-refractivity contribution < 1.29 is 14.8 Å². The predicted molar refractivity (Wildman–Crippen MR) is 68.1 cm³/mol. The molecule has 1 aliphatic heterocycles. The fourth-order valence-corrected chi connectivity index (χ4v) is 2.46. The molecular weight excluding hydrogens is 252 g/mol. The number of hydrogen-bond acceptors (Lipinski definition) is 6. The number of anilines is 1. The summed E-state index contributed by atoms with van der Waals surface area (Å²) in [5, 5.41) is 20.3. The van der Waals surface area contributed by atoms with Crippen LogP contribution in [0.5, 0.6) is 0 Å². The number of aromatic nitrogens is 2. The summed E-state index contributed by atoms with van der Waals surface area (Å²) >= 11 is 0. The third kappa shape index (κ3) is 2.69. The van der Waals surface area contributed by atoms with Gasteiger partial charge in [0.1, 0.15) is 0 Å². The third-order valence-electron chi connectivity index (χ3n) is 3.04. The van der Waals surface area contributed by atoms with Crippen LogP contribution >= 0.6 is 0 Å². The number of aliphatic hydroxyl groups excluding tert-OH is 1. The molecule has 0 radical (unpaired) electrons. The topological polar surface area (TPSA) is 93.7 Å². The molecule has 106 valence electrons. The van der Waals surface area contributed by atoms with Gasteiger partial charge in [-0.05, 0) is 23.8 Å². The second kappa shape index (κ2) is 4.78. The van der Waals surface area contributed by atoms with Crippen LogP contribution in [0.25, 0.3) is 0 Å². The van der Waals surface area contributed by atoms with Crippen LogP contribution in [-0.2, 0) is 11.8 Å². The van der Waals surface area contributed by atoms with Crippen molar-refractivity contribution in [2.24, 2.45) is 7.05 Å². The van der Waals surface area contributed by atoms with E-state index >= 15 is 0 Å². The molecular formula is C11H18N4O4. The first-order chi connectivity index (χ1) is 8.84. The molecule has 8 nitrogen and oxygen atoms in total. The molecule has 0 aliphatic carbocycles. The first kappa shape index (κ1) is 13.8. The Kier molecular flexibility index (Phi) is 3.46. The average molecular weight is 270 g/mol. The van der Waals surface area contributed by atoms with Gasteiger partial charge in [-0.15, -0.1) is 0 Å². The van der Waals surface area contributed by atoms with Gasteiger partial charge in [0.2, 0.25) is 12.1 Å². The zero-order chi connectivity index (χ0) is 14.2. The summed E-state index contributed by atoms with van der Waals surface area (Å²) in [6.07, 6.45) is 1.06. The normalized spacial score (nSPS) is 22.5. The van der Waals surface area contributed by atoms with Gasteiger partial charge in [0, 0.05) is 20.1 Å². The molecule has 8 heteroatoms. The molecule has 0 bridgehead atoms. The minimum Gasteiger partial charge on any atom is -0.394 e. The van der Waals surface area contributed by atoms with Gasteiger partial charge in [0.25, 0.3) is 0 Å². The predicted octanol–water partition coefficient (Wildman–Crippen LogP) is 0.304. The number of nitrogens with zero attached hydrogens (tertiary/aromatic N) is 4. The summed E-state index contributed by atoms with van der Waals surface area (Å²) < 4.78 is 7.32. The molecule has 1 fully saturated rings. The average Bonchev–Trinajstić information content (AvgIpc) is 2.69. The van der Waals surface area contributed by atoms with Gasteiger partial charge in [-0.25, -0.2) is 0 Å². The van der Waals surface area contributed by atoms with Crippen molar-refractivity contribution in [1.82, 2.24) is 9.55 Å². The number of hydrogen-bond donors (Lipinski definition) is 1. The summed E-state index contributed by atoms with van der Waals surface area (Å²) in [5.41, 5.74) is -0.482. The number of ether oxygens (including phenoxy) is 1. The van der Waals surface area contributed by atoms with Gasteiger partial charge >= 0.3 is 5.82 Å². The quantitative estimate of drug-likeness (QED) is 0.627. The van der Waals surface area contributed by atoms with E-state index in [4.69, 9.17) is 4.74 Å². The molecule has 1 unspecified atom stereocenters. The zero-order valence-electron chi connectivity index (χ0n) is 11.2. The SMILES string of the molecule is Cn1cnc([N+](=O)[O-])c1N1CC(CO)OC(C)(C)C1. The maximum Gasteiger partial charge on any atom is 0.406 e. The minimum atomic E-state index is -0.494. The lowest BCUT2D eigenvalue weighted by molar-refractivity contribution is -0.388. The van der Waals surface area contributed by atoms with E-state index in [1.165, 1.54) is 6.33 Å². The fraction of sp³-hybridized carbons (Fsp3) is 0.727. The largest absolute Gasteiger partial charge is 0.406 e. The van der Waals surface area contributed by atoms with Crippen molar-refractivity contribution in [1.29, 1.82) is 0 Å². The molecule has 1 saturated heterocycles. The number of rotatable bonds is 3. The lowest BCUT2D eigenvalue weighted by atomic mass is 10.1. The smallest absolute Gasteiger partial charge is 0.394 e. The molecule has 1 aromatic rings. The van der Waals surface area contributed by atoms with Crippen LogP contribution < -0.4 is 4.90 Å². The van der Waals surface area contributed by atoms with Crippen molar-refractivity contribution in [3.05, 3.63) is 16.4 Å². The van der Waals surface area contributed by atoms with E-state index in [0.717, 1.165) is 0 Å². The maximum absolute atomic E-state index is 11.0. The van der Waals surface area contributed by atoms with Crippen molar-refractivity contribution in [3.63, 3.8) is 0 Å². The van der Waals surface area contributed by atoms with Crippen molar-refractivity contribution in [2.75, 3.05) is 24.6 Å². The Morgan fingerprint density at radius 1 is 1.68 bits per heavy atom. The van der Waals surface area contributed by atoms with Crippen LogP contribution in [0.1, 0.15) is 13.8 Å². The Morgan fingerprint density at radius 2 is 2.37 bits per heavy atom. The molecule has 1 N–H and O–H groups in total. The van der Waals surface area contributed by atoms with E-state index in [2.05, 4.69) is 4.98 Å². The van der Waals surface area contributed by atoms with Crippen LogP contribution in [0.2, 0.25) is 0 Å². The Balaban J connectivity index is 2.35. The van der Waals surface area contributed by atoms with E-state index in [0.29, 0.717) is 18.9 Å². The highest BCUT2D eigenvalue weighted by atomic mass is 16.6. The Labute approximate surface area is 110 Å². The van der Waals surface area contributed by atoms with E-state index < -0.39 is 10.5 Å². The maximum atomic E-state index is 11.0. The van der Waals surface area contributed by atoms with Gasteiger partial charge in [0.05, 0.1) is 18.3 Å². The molecule has 1 aliphatic rings. The summed E-state index contributed by atoms with van der Waals surface area (Å²) in [7, 11) is 1.71. The second-order valence-corrected chi connectivity index (χ2v) is 5.32. The summed E-state index contributed by atoms with van der Waals surface area (Å²) in [6.45, 7) is 4.57. The fourth-order valence-electron chi connectivity index (χ4n) is 2.46. The first-order valence-corrected chi connectivity index (χ1v) is 6.03. The summed E-state index contributed by atoms with van der Waals surface area (Å²) in [5.74, 6) is 0.275. The lowest BCUT2D eigenvalue weighted by Gasteiger charge is -2.42. The van der Waals surface area contributed by atoms with E-state index in [1.54, 1.807) is 11.6 Å². The zero-order valence-corrected chi connectivity index (χ0v) is 11.2. The highest BCUT2D eigenvalue weighted by molar-refractivity contribution is 5.55. The van der Waals surface area contributed by atoms with E-state index in [-0.39, 0.29) is 18.5 Å². The Hall–Kier alpha value is -1.67. The molecule has 0 saturated carbocycles. The second-order valence-electron chi connectivity index (χ2n) is 5.32. The van der Waals surface area contributed by atoms with Crippen LogP contribution in [0.4, 0.5) is 11.6 Å². The number of nitro groups is 1. The van der Waals surface area contributed by atoms with Crippen molar-refractivity contribution in [2.45, 2.75) is 25.6 Å². The highest BCUT2D eigenvalue weighted by Crippen LogP contribution is 2.31. The van der Waals surface area contributed by atoms with Crippen LogP contribution in [0.3, 0.4) is 0 Å². The van der Waals surface area contributed by atoms with Gasteiger partial charge < -0.3 is 24.9 Å². The number of aliphatic hydroxyl groups is 1. The van der Waals surface area contributed by atoms with Gasteiger partial charge in [0.15, 0.2) is 0 Å². The van der Waals surface area contributed by atoms with Gasteiger partial charge in [-0.3, -0.25) is 4.57 Å². The number of imidazole rings is 1. The first-order valence-electron chi connectivity index (χ1n) is 6.03. The van der Waals surface area contributed by atoms with Crippen molar-refractivity contribution >= 4 is 11.6 Å². The van der Waals surface area contributed by atoms with Crippen molar-refractivity contribution in [3.8, 4) is 0 Å². The molecule has 0 spiro atoms. The summed E-state index contributed by atoms with van der Waals surface area (Å²) in [4.78, 5) is 16.2. The molecule has 0 aromatic carbocycles. The van der Waals surface area contributed by atoms with Crippen LogP contribution in [0.15, 0.2) is 6.33 Å². The minimum absolute atomic E-state index is 0.119. The molecule has 0 amide bonds. The van der Waals surface area contributed by atoms with Crippen LogP contribution in [-0.4, -0.2) is 51.0 Å². The highest BCUT2D eigenvalue weighted by Gasteiger charge is 2.37. The monoisotopic (exact) mass is 270 g/mol. The molecule has 2 heterocycles. The standard InChI is InChI=1S/C11H18N4O4/c1-11(2)6-14(4-8(5-16)19-11)10-9(15(17)18)12-7-13(10)3/h7-8,16H,4-6H2,1-3H3. The lowest BCUT2D eigenvalue weighted by Crippen LogP contribution is -2.54. The molecule has 19 heavy (non-hydrogen) atoms. The van der Waals surface area contributed by atoms with Gasteiger partial charge in [-0.1, -0.05) is 0 Å². The molecule has 1 atom stereocenters. The Morgan fingerprint density at radius 3 is 2.95 bits per heavy atom. The van der Waals surface area contributed by atoms with Gasteiger partial charge in [-0.2, -0.15) is 0 Å². The third-order valence-corrected chi connectivity index (χ3v) is 3.04. The summed E-state index contributed by atoms with van der Waals surface area (Å²) in [6, 6.07) is 0. The molecule has 2 rings (SSSR count). The Bertz CT molecular complexity index is 485. The number of aryl methyl sites for hydroxylation is 1.